The topological polar surface area (TPSA) is 18.5 Å². The first kappa shape index (κ1) is 13.3. The summed E-state index contributed by atoms with van der Waals surface area (Å²) in [6.45, 7) is -2.01. The molecule has 1 aromatic rings. The fourth-order valence-corrected chi connectivity index (χ4v) is 1.98. The average Bonchev–Trinajstić information content (AvgIpc) is 2.32. The van der Waals surface area contributed by atoms with E-state index in [-0.39, 0.29) is 6.10 Å². The van der Waals surface area contributed by atoms with Gasteiger partial charge in [0.15, 0.2) is 0 Å². The van der Waals surface area contributed by atoms with Crippen LogP contribution in [0.3, 0.4) is 0 Å². The highest BCUT2D eigenvalue weighted by molar-refractivity contribution is 6.73. The Kier molecular flexibility index (Phi) is 3.85. The lowest BCUT2D eigenvalue weighted by molar-refractivity contribution is 0.0253. The third kappa shape index (κ3) is 3.19. The second kappa shape index (κ2) is 5.22. The van der Waals surface area contributed by atoms with Crippen molar-refractivity contribution in [3.8, 4) is 5.75 Å². The van der Waals surface area contributed by atoms with Crippen molar-refractivity contribution in [1.82, 2.24) is 0 Å². The molecular weight excluding hydrogens is 244 g/mol. The van der Waals surface area contributed by atoms with E-state index < -0.39 is 12.4 Å². The highest BCUT2D eigenvalue weighted by Crippen LogP contribution is 2.22. The van der Waals surface area contributed by atoms with Crippen LogP contribution in [0.4, 0.5) is 12.9 Å². The first-order valence-electron chi connectivity index (χ1n) is 6.02. The zero-order valence-corrected chi connectivity index (χ0v) is 10.2. The molecule has 2 nitrogen and oxygen atoms in total. The molecule has 1 saturated heterocycles. The Hall–Kier alpha value is -1.17. The SMILES string of the molecule is Cc1cc([B-](F)(F)F)ccc1OC1CCOCC1. The van der Waals surface area contributed by atoms with Gasteiger partial charge in [-0.1, -0.05) is 12.1 Å². The lowest BCUT2D eigenvalue weighted by Gasteiger charge is -2.25. The first-order chi connectivity index (χ1) is 8.47. The lowest BCUT2D eigenvalue weighted by Crippen LogP contribution is -2.34. The van der Waals surface area contributed by atoms with E-state index in [1.165, 1.54) is 6.07 Å². The van der Waals surface area contributed by atoms with E-state index in [0.717, 1.165) is 25.0 Å². The molecule has 1 aromatic carbocycles. The summed E-state index contributed by atoms with van der Waals surface area (Å²) in [6, 6.07) is 3.64. The van der Waals surface area contributed by atoms with Crippen molar-refractivity contribution < 1.29 is 22.4 Å². The van der Waals surface area contributed by atoms with Crippen LogP contribution >= 0.6 is 0 Å². The molecule has 2 rings (SSSR count). The molecular formula is C12H15BF3O2-. The summed E-state index contributed by atoms with van der Waals surface area (Å²) in [7, 11) is 0. The van der Waals surface area contributed by atoms with Crippen molar-refractivity contribution in [2.45, 2.75) is 25.9 Å². The van der Waals surface area contributed by atoms with E-state index in [2.05, 4.69) is 0 Å². The van der Waals surface area contributed by atoms with Crippen LogP contribution in [0.5, 0.6) is 5.75 Å². The van der Waals surface area contributed by atoms with Gasteiger partial charge >= 0.3 is 6.98 Å². The van der Waals surface area contributed by atoms with Crippen LogP contribution in [0.25, 0.3) is 0 Å². The Balaban J connectivity index is 2.09. The van der Waals surface area contributed by atoms with E-state index in [1.807, 2.05) is 0 Å². The summed E-state index contributed by atoms with van der Waals surface area (Å²) < 4.78 is 48.6. The van der Waals surface area contributed by atoms with Crippen LogP contribution in [0.1, 0.15) is 18.4 Å². The molecule has 0 N–H and O–H groups in total. The van der Waals surface area contributed by atoms with Gasteiger partial charge in [-0.05, 0) is 18.6 Å². The van der Waals surface area contributed by atoms with Gasteiger partial charge in [0.05, 0.1) is 13.2 Å². The quantitative estimate of drug-likeness (QED) is 0.777. The average molecular weight is 259 g/mol. The van der Waals surface area contributed by atoms with E-state index in [1.54, 1.807) is 6.92 Å². The van der Waals surface area contributed by atoms with Gasteiger partial charge in [0.25, 0.3) is 0 Å². The highest BCUT2D eigenvalue weighted by Gasteiger charge is 2.26. The Morgan fingerprint density at radius 2 is 1.89 bits per heavy atom. The van der Waals surface area contributed by atoms with Crippen LogP contribution < -0.4 is 10.2 Å². The molecule has 1 aliphatic rings. The van der Waals surface area contributed by atoms with Crippen molar-refractivity contribution in [2.24, 2.45) is 0 Å². The van der Waals surface area contributed by atoms with E-state index in [0.29, 0.717) is 24.5 Å². The van der Waals surface area contributed by atoms with Gasteiger partial charge in [-0.2, -0.15) is 0 Å². The number of aryl methyl sites for hydroxylation is 1. The number of ether oxygens (including phenoxy) is 2. The van der Waals surface area contributed by atoms with Crippen LogP contribution in [-0.2, 0) is 4.74 Å². The van der Waals surface area contributed by atoms with Crippen molar-refractivity contribution >= 4 is 12.4 Å². The number of benzene rings is 1. The van der Waals surface area contributed by atoms with E-state index in [9.17, 15) is 12.9 Å². The largest absolute Gasteiger partial charge is 0.509 e. The maximum Gasteiger partial charge on any atom is 0.509 e. The number of hydrogen-bond donors (Lipinski definition) is 0. The molecule has 0 atom stereocenters. The standard InChI is InChI=1S/C12H15BF3O2/c1-9-8-10(13(14,15)16)2-3-12(9)18-11-4-6-17-7-5-11/h2-3,8,11H,4-7H2,1H3/q-1. The maximum atomic E-state index is 12.6. The Labute approximate surface area is 104 Å². The fraction of sp³-hybridized carbons (Fsp3) is 0.500. The molecule has 100 valence electrons. The maximum absolute atomic E-state index is 12.6. The summed E-state index contributed by atoms with van der Waals surface area (Å²) in [5.74, 6) is 0.533. The van der Waals surface area contributed by atoms with Gasteiger partial charge in [0, 0.05) is 12.8 Å². The molecule has 0 amide bonds. The van der Waals surface area contributed by atoms with Crippen LogP contribution in [0.2, 0.25) is 0 Å². The van der Waals surface area contributed by atoms with Crippen LogP contribution in [-0.4, -0.2) is 26.3 Å². The minimum Gasteiger partial charge on any atom is -0.490 e. The molecule has 6 heteroatoms. The number of halogens is 3. The summed E-state index contributed by atoms with van der Waals surface area (Å²) in [6.07, 6.45) is 1.61. The molecule has 0 aliphatic carbocycles. The van der Waals surface area contributed by atoms with Gasteiger partial charge in [0.2, 0.25) is 0 Å². The van der Waals surface area contributed by atoms with Crippen molar-refractivity contribution in [3.63, 3.8) is 0 Å². The summed E-state index contributed by atoms with van der Waals surface area (Å²) in [4.78, 5) is 0. The van der Waals surface area contributed by atoms with E-state index >= 15 is 0 Å². The molecule has 0 radical (unpaired) electrons. The van der Waals surface area contributed by atoms with Gasteiger partial charge in [0.1, 0.15) is 11.9 Å². The molecule has 1 heterocycles. The van der Waals surface area contributed by atoms with Gasteiger partial charge in [-0.3, -0.25) is 0 Å². The van der Waals surface area contributed by atoms with Crippen LogP contribution in [0, 0.1) is 6.92 Å². The molecule has 0 bridgehead atoms. The van der Waals surface area contributed by atoms with Gasteiger partial charge in [-0.15, -0.1) is 5.46 Å². The van der Waals surface area contributed by atoms with Crippen molar-refractivity contribution in [2.75, 3.05) is 13.2 Å². The van der Waals surface area contributed by atoms with Crippen molar-refractivity contribution in [1.29, 1.82) is 0 Å². The molecule has 18 heavy (non-hydrogen) atoms. The summed E-state index contributed by atoms with van der Waals surface area (Å²) in [5.41, 5.74) is -0.0509. The fourth-order valence-electron chi connectivity index (χ4n) is 1.98. The van der Waals surface area contributed by atoms with Gasteiger partial charge < -0.3 is 22.4 Å². The Morgan fingerprint density at radius 1 is 1.22 bits per heavy atom. The zero-order chi connectivity index (χ0) is 13.2. The normalized spacial score (nSPS) is 17.8. The summed E-state index contributed by atoms with van der Waals surface area (Å²) >= 11 is 0. The third-order valence-corrected chi connectivity index (χ3v) is 3.04. The summed E-state index contributed by atoms with van der Waals surface area (Å²) in [5, 5.41) is 0. The Morgan fingerprint density at radius 3 is 2.44 bits per heavy atom. The third-order valence-electron chi connectivity index (χ3n) is 3.04. The lowest BCUT2D eigenvalue weighted by atomic mass is 9.79. The molecule has 1 aliphatic heterocycles. The Bertz CT molecular complexity index is 414. The zero-order valence-electron chi connectivity index (χ0n) is 10.2. The molecule has 1 fully saturated rings. The molecule has 0 unspecified atom stereocenters. The minimum absolute atomic E-state index is 0.0414. The first-order valence-corrected chi connectivity index (χ1v) is 6.02. The molecule has 0 aromatic heterocycles. The predicted octanol–water partition coefficient (Wildman–Crippen LogP) is 2.61. The second-order valence-electron chi connectivity index (χ2n) is 4.53. The number of hydrogen-bond acceptors (Lipinski definition) is 2. The minimum atomic E-state index is -4.94. The monoisotopic (exact) mass is 259 g/mol. The van der Waals surface area contributed by atoms with Crippen molar-refractivity contribution in [3.05, 3.63) is 23.8 Å². The number of rotatable bonds is 3. The molecule has 0 spiro atoms. The van der Waals surface area contributed by atoms with Crippen LogP contribution in [0.15, 0.2) is 18.2 Å². The van der Waals surface area contributed by atoms with Gasteiger partial charge in [-0.25, -0.2) is 0 Å². The smallest absolute Gasteiger partial charge is 0.490 e. The molecule has 0 saturated carbocycles. The highest BCUT2D eigenvalue weighted by atomic mass is 19.4. The van der Waals surface area contributed by atoms with E-state index in [4.69, 9.17) is 9.47 Å². The second-order valence-corrected chi connectivity index (χ2v) is 4.53. The predicted molar refractivity (Wildman–Crippen MR) is 64.4 cm³/mol.